The summed E-state index contributed by atoms with van der Waals surface area (Å²) >= 11 is 11.2. The molecular formula is C21H27Cl2N3O3. The third kappa shape index (κ3) is 6.98. The zero-order valence-corrected chi connectivity index (χ0v) is 18.2. The molecule has 0 unspecified atom stereocenters. The first-order valence-electron chi connectivity index (χ1n) is 9.74. The molecular weight excluding hydrogens is 413 g/mol. The van der Waals surface area contributed by atoms with E-state index < -0.39 is 10.7 Å². The van der Waals surface area contributed by atoms with Crippen molar-refractivity contribution in [2.45, 2.75) is 44.5 Å². The van der Waals surface area contributed by atoms with Crippen LogP contribution >= 0.6 is 23.2 Å². The highest BCUT2D eigenvalue weighted by atomic mass is 35.5. The molecule has 0 fully saturated rings. The number of nitrogens with zero attached hydrogens (tertiary/aromatic N) is 1. The third-order valence-electron chi connectivity index (χ3n) is 4.29. The van der Waals surface area contributed by atoms with Gasteiger partial charge in [0.15, 0.2) is 4.84 Å². The largest absolute Gasteiger partial charge is 0.467 e. The van der Waals surface area contributed by atoms with Gasteiger partial charge >= 0.3 is 0 Å². The molecule has 0 bridgehead atoms. The molecule has 1 aromatic heterocycles. The standard InChI is InChI=1S/C21H27Cl2N3O3/c1-3-5-11-26(14-16-7-6-12-29-16)18-9-8-15(25-21(28)19(22)23)13-17(18)20(27)24-10-4-2/h6-9,12-13,19H,3-5,10-11,14H2,1-2H3,(H,24,27)(H,25,28). The van der Waals surface area contributed by atoms with Crippen LogP contribution in [0.15, 0.2) is 41.0 Å². The van der Waals surface area contributed by atoms with Crippen LogP contribution in [0.25, 0.3) is 0 Å². The maximum atomic E-state index is 12.9. The van der Waals surface area contributed by atoms with E-state index in [1.165, 1.54) is 0 Å². The first kappa shape index (κ1) is 23.1. The van der Waals surface area contributed by atoms with Crippen LogP contribution in [0.4, 0.5) is 11.4 Å². The fourth-order valence-corrected chi connectivity index (χ4v) is 2.94. The van der Waals surface area contributed by atoms with Gasteiger partial charge in [-0.3, -0.25) is 9.59 Å². The van der Waals surface area contributed by atoms with Crippen molar-refractivity contribution in [1.82, 2.24) is 5.32 Å². The lowest BCUT2D eigenvalue weighted by Crippen LogP contribution is -2.30. The van der Waals surface area contributed by atoms with Gasteiger partial charge in [0.05, 0.1) is 24.1 Å². The SMILES string of the molecule is CCCCN(Cc1ccco1)c1ccc(NC(=O)C(Cl)Cl)cc1C(=O)NCCC. The zero-order chi connectivity index (χ0) is 21.2. The topological polar surface area (TPSA) is 74.6 Å². The number of rotatable bonds is 11. The van der Waals surface area contributed by atoms with Crippen LogP contribution in [0.3, 0.4) is 0 Å². The van der Waals surface area contributed by atoms with E-state index in [2.05, 4.69) is 22.5 Å². The minimum Gasteiger partial charge on any atom is -0.467 e. The molecule has 158 valence electrons. The zero-order valence-electron chi connectivity index (χ0n) is 16.7. The molecule has 0 aliphatic rings. The molecule has 1 heterocycles. The van der Waals surface area contributed by atoms with E-state index in [0.717, 1.165) is 37.3 Å². The highest BCUT2D eigenvalue weighted by Gasteiger charge is 2.20. The molecule has 1 aromatic carbocycles. The van der Waals surface area contributed by atoms with E-state index in [1.54, 1.807) is 18.4 Å². The molecule has 6 nitrogen and oxygen atoms in total. The van der Waals surface area contributed by atoms with Gasteiger partial charge < -0.3 is 20.0 Å². The molecule has 8 heteroatoms. The van der Waals surface area contributed by atoms with Crippen molar-refractivity contribution >= 4 is 46.4 Å². The Labute approximate surface area is 181 Å². The monoisotopic (exact) mass is 439 g/mol. The number of hydrogen-bond acceptors (Lipinski definition) is 4. The minimum atomic E-state index is -1.19. The lowest BCUT2D eigenvalue weighted by molar-refractivity contribution is -0.114. The number of halogens is 2. The maximum absolute atomic E-state index is 12.9. The fraction of sp³-hybridized carbons (Fsp3) is 0.429. The van der Waals surface area contributed by atoms with Crippen LogP contribution in [-0.2, 0) is 11.3 Å². The lowest BCUT2D eigenvalue weighted by atomic mass is 10.1. The van der Waals surface area contributed by atoms with Crippen molar-refractivity contribution in [3.05, 3.63) is 47.9 Å². The van der Waals surface area contributed by atoms with Gasteiger partial charge in [0.25, 0.3) is 11.8 Å². The van der Waals surface area contributed by atoms with Crippen molar-refractivity contribution in [3.63, 3.8) is 0 Å². The van der Waals surface area contributed by atoms with Crippen LogP contribution in [0, 0.1) is 0 Å². The smallest absolute Gasteiger partial charge is 0.257 e. The second-order valence-electron chi connectivity index (χ2n) is 6.63. The average Bonchev–Trinajstić information content (AvgIpc) is 3.22. The number of carbonyl (C=O) groups is 2. The molecule has 0 saturated heterocycles. The van der Waals surface area contributed by atoms with Gasteiger partial charge in [-0.25, -0.2) is 0 Å². The number of carbonyl (C=O) groups excluding carboxylic acids is 2. The Balaban J connectivity index is 2.38. The Morgan fingerprint density at radius 3 is 2.59 bits per heavy atom. The van der Waals surface area contributed by atoms with Crippen LogP contribution in [0.1, 0.15) is 49.2 Å². The molecule has 2 rings (SSSR count). The highest BCUT2D eigenvalue weighted by molar-refractivity contribution is 6.54. The summed E-state index contributed by atoms with van der Waals surface area (Å²) in [7, 11) is 0. The molecule has 0 saturated carbocycles. The van der Waals surface area contributed by atoms with Gasteiger partial charge in [-0.05, 0) is 43.2 Å². The number of anilines is 2. The molecule has 0 aliphatic heterocycles. The van der Waals surface area contributed by atoms with Crippen LogP contribution in [0.5, 0.6) is 0 Å². The van der Waals surface area contributed by atoms with Crippen molar-refractivity contribution in [2.24, 2.45) is 0 Å². The first-order valence-corrected chi connectivity index (χ1v) is 10.6. The first-order chi connectivity index (χ1) is 14.0. The normalized spacial score (nSPS) is 10.8. The van der Waals surface area contributed by atoms with E-state index in [0.29, 0.717) is 24.3 Å². The van der Waals surface area contributed by atoms with Crippen LogP contribution in [0.2, 0.25) is 0 Å². The summed E-state index contributed by atoms with van der Waals surface area (Å²) in [4.78, 5) is 25.6. The number of hydrogen-bond donors (Lipinski definition) is 2. The van der Waals surface area contributed by atoms with E-state index in [-0.39, 0.29) is 5.91 Å². The van der Waals surface area contributed by atoms with E-state index in [1.807, 2.05) is 25.1 Å². The Bertz CT molecular complexity index is 794. The van der Waals surface area contributed by atoms with Crippen molar-refractivity contribution < 1.29 is 14.0 Å². The van der Waals surface area contributed by atoms with Gasteiger partial charge in [0.1, 0.15) is 5.76 Å². The second kappa shape index (κ2) is 11.7. The Morgan fingerprint density at radius 1 is 1.17 bits per heavy atom. The predicted octanol–water partition coefficient (Wildman–Crippen LogP) is 4.97. The molecule has 0 aliphatic carbocycles. The molecule has 29 heavy (non-hydrogen) atoms. The van der Waals surface area contributed by atoms with E-state index in [4.69, 9.17) is 27.6 Å². The van der Waals surface area contributed by atoms with Crippen LogP contribution in [-0.4, -0.2) is 29.7 Å². The molecule has 2 aromatic rings. The highest BCUT2D eigenvalue weighted by Crippen LogP contribution is 2.27. The van der Waals surface area contributed by atoms with Gasteiger partial charge in [0, 0.05) is 18.8 Å². The summed E-state index contributed by atoms with van der Waals surface area (Å²) in [6.45, 7) is 5.98. The summed E-state index contributed by atoms with van der Waals surface area (Å²) < 4.78 is 5.50. The third-order valence-corrected chi connectivity index (χ3v) is 4.69. The molecule has 0 spiro atoms. The predicted molar refractivity (Wildman–Crippen MR) is 118 cm³/mol. The number of amides is 2. The minimum absolute atomic E-state index is 0.202. The number of furan rings is 1. The summed E-state index contributed by atoms with van der Waals surface area (Å²) in [6, 6.07) is 8.96. The summed E-state index contributed by atoms with van der Waals surface area (Å²) in [5.74, 6) is 0.0668. The second-order valence-corrected chi connectivity index (χ2v) is 7.73. The molecule has 2 amide bonds. The summed E-state index contributed by atoms with van der Waals surface area (Å²) in [6.07, 6.45) is 4.45. The Hall–Kier alpha value is -2.18. The number of nitrogens with one attached hydrogen (secondary N) is 2. The van der Waals surface area contributed by atoms with E-state index in [9.17, 15) is 9.59 Å². The number of unbranched alkanes of at least 4 members (excludes halogenated alkanes) is 1. The van der Waals surface area contributed by atoms with Gasteiger partial charge in [-0.1, -0.05) is 43.5 Å². The quantitative estimate of drug-likeness (QED) is 0.484. The molecule has 2 N–H and O–H groups in total. The van der Waals surface area contributed by atoms with Crippen molar-refractivity contribution in [3.8, 4) is 0 Å². The van der Waals surface area contributed by atoms with Gasteiger partial charge in [-0.2, -0.15) is 0 Å². The lowest BCUT2D eigenvalue weighted by Gasteiger charge is -2.26. The molecule has 0 atom stereocenters. The van der Waals surface area contributed by atoms with Crippen LogP contribution < -0.4 is 15.5 Å². The van der Waals surface area contributed by atoms with Gasteiger partial charge in [-0.15, -0.1) is 0 Å². The summed E-state index contributed by atoms with van der Waals surface area (Å²) in [5, 5.41) is 5.54. The Kier molecular flexibility index (Phi) is 9.35. The van der Waals surface area contributed by atoms with Crippen molar-refractivity contribution in [1.29, 1.82) is 0 Å². The number of alkyl halides is 2. The Morgan fingerprint density at radius 2 is 1.97 bits per heavy atom. The van der Waals surface area contributed by atoms with Crippen molar-refractivity contribution in [2.75, 3.05) is 23.3 Å². The average molecular weight is 440 g/mol. The summed E-state index contributed by atoms with van der Waals surface area (Å²) in [5.41, 5.74) is 1.70. The van der Waals surface area contributed by atoms with Gasteiger partial charge in [0.2, 0.25) is 0 Å². The maximum Gasteiger partial charge on any atom is 0.257 e. The number of benzene rings is 1. The van der Waals surface area contributed by atoms with E-state index >= 15 is 0 Å². The fourth-order valence-electron chi connectivity index (χ4n) is 2.83. The molecule has 0 radical (unpaired) electrons.